The number of nitrogens with zero attached hydrogens (tertiary/aromatic N) is 2. The third-order valence-corrected chi connectivity index (χ3v) is 19.6. The summed E-state index contributed by atoms with van der Waals surface area (Å²) in [5.74, 6) is 0. The van der Waals surface area contributed by atoms with Gasteiger partial charge in [0, 0.05) is 59.1 Å². The maximum Gasteiger partial charge on any atom is 0.0540 e. The van der Waals surface area contributed by atoms with Crippen LogP contribution in [0.1, 0.15) is 37.5 Å². The van der Waals surface area contributed by atoms with E-state index in [-0.39, 0.29) is 5.41 Å². The van der Waals surface area contributed by atoms with Gasteiger partial charge in [0.2, 0.25) is 0 Å². The summed E-state index contributed by atoms with van der Waals surface area (Å²) in [6.07, 6.45) is 4.68. The van der Waals surface area contributed by atoms with Crippen LogP contribution in [0, 0.1) is 0 Å². The van der Waals surface area contributed by atoms with E-state index in [1.165, 1.54) is 113 Å². The lowest BCUT2D eigenvalue weighted by molar-refractivity contribution is 0.661. The van der Waals surface area contributed by atoms with Crippen LogP contribution in [0.15, 0.2) is 309 Å². The van der Waals surface area contributed by atoms with Gasteiger partial charge in [0.25, 0.3) is 0 Å². The van der Waals surface area contributed by atoms with Crippen LogP contribution < -0.4 is 9.80 Å². The molecule has 2 nitrogen and oxygen atoms in total. The molecule has 3 heteroatoms. The molecule has 412 valence electrons. The van der Waals surface area contributed by atoms with Crippen LogP contribution in [0.4, 0.5) is 34.1 Å². The minimum atomic E-state index is -0.354. The highest BCUT2D eigenvalue weighted by atomic mass is 32.1. The lowest BCUT2D eigenvalue weighted by atomic mass is 9.80. The maximum absolute atomic E-state index is 4.86. The van der Waals surface area contributed by atoms with Crippen LogP contribution in [-0.2, 0) is 5.41 Å². The highest BCUT2D eigenvalue weighted by Gasteiger charge is 2.38. The van der Waals surface area contributed by atoms with Crippen molar-refractivity contribution in [3.8, 4) is 22.3 Å². The summed E-state index contributed by atoms with van der Waals surface area (Å²) in [4.78, 5) is 4.85. The molecule has 16 rings (SSSR count). The number of allylic oxidation sites excluding steroid dienone is 5. The van der Waals surface area contributed by atoms with E-state index >= 15 is 0 Å². The predicted molar refractivity (Wildman–Crippen MR) is 377 cm³/mol. The molecule has 1 aromatic heterocycles. The average molecular weight is 1130 g/mol. The summed E-state index contributed by atoms with van der Waals surface area (Å²) in [5.41, 5.74) is 18.2. The Labute approximate surface area is 511 Å². The zero-order chi connectivity index (χ0) is 58.3. The number of anilines is 6. The third-order valence-electron chi connectivity index (χ3n) is 18.4. The van der Waals surface area contributed by atoms with Crippen molar-refractivity contribution in [1.82, 2.24) is 0 Å². The Bertz CT molecular complexity index is 5290. The third kappa shape index (κ3) is 8.60. The molecule has 0 aliphatic heterocycles. The van der Waals surface area contributed by atoms with Gasteiger partial charge in [0.1, 0.15) is 0 Å². The number of benzene rings is 14. The van der Waals surface area contributed by atoms with Crippen molar-refractivity contribution in [2.45, 2.75) is 26.2 Å². The Hall–Kier alpha value is -10.6. The first-order valence-electron chi connectivity index (χ1n) is 30.1. The Morgan fingerprint density at radius 3 is 1.60 bits per heavy atom. The topological polar surface area (TPSA) is 6.48 Å². The van der Waals surface area contributed by atoms with Crippen molar-refractivity contribution in [3.05, 3.63) is 326 Å². The molecule has 15 aromatic rings. The summed E-state index contributed by atoms with van der Waals surface area (Å²) in [5, 5.41) is 15.0. The second-order valence-electron chi connectivity index (χ2n) is 23.5. The SMILES string of the molecule is C=C1/C(=C\C(=C/C)c2cccc3c2sc2ccccc23)C(C)(C)c2cc(N(c3ccc(-c4ccc5c6ccccc6c6ccccc6c5c4)cc3)c3ccc(-c4ccc(N(c5ccccc5)c5cccc6ccccc56)cc4)c4ccccc34)ccc21. The molecule has 0 atom stereocenters. The molecule has 0 N–H and O–H groups in total. The number of para-hydroxylation sites is 1. The minimum Gasteiger partial charge on any atom is -0.310 e. The molecule has 0 fully saturated rings. The van der Waals surface area contributed by atoms with Gasteiger partial charge in [-0.15, -0.1) is 11.3 Å². The van der Waals surface area contributed by atoms with Crippen molar-refractivity contribution in [2.75, 3.05) is 9.80 Å². The molecule has 0 amide bonds. The summed E-state index contributed by atoms with van der Waals surface area (Å²) in [6.45, 7) is 11.8. The van der Waals surface area contributed by atoms with Crippen LogP contribution in [0.25, 0.3) is 107 Å². The molecule has 87 heavy (non-hydrogen) atoms. The quantitative estimate of drug-likeness (QED) is 0.126. The Morgan fingerprint density at radius 2 is 0.885 bits per heavy atom. The van der Waals surface area contributed by atoms with Crippen molar-refractivity contribution in [3.63, 3.8) is 0 Å². The van der Waals surface area contributed by atoms with E-state index in [0.717, 1.165) is 50.6 Å². The fourth-order valence-electron chi connectivity index (χ4n) is 14.1. The van der Waals surface area contributed by atoms with Crippen LogP contribution in [0.2, 0.25) is 0 Å². The normalized spacial score (nSPS) is 13.7. The molecule has 1 heterocycles. The second kappa shape index (κ2) is 20.9. The molecule has 0 radical (unpaired) electrons. The summed E-state index contributed by atoms with van der Waals surface area (Å²) in [6, 6.07) is 105. The standard InChI is InChI=1S/C84H60N2S/c1-5-55(67-33-20-34-76-75-32-17-18-36-82(75)87-83(67)76)52-78-54(2)64-48-46-63(53-79(64)84(78,3)4)86(62-42-37-56(38-43-62)59-41-47-73-71-29-12-11-27-69(71)70-28-13-14-30-72(70)77(73)51-59)81-50-49-65(68-26-15-16-31-74(68)81)58-39-44-61(45-40-58)85(60-23-7-6-8-24-60)80-35-19-22-57-21-9-10-25-66(57)80/h5-53H,2H2,1,3-4H3/b55-5+,78-52+. The number of hydrogen-bond acceptors (Lipinski definition) is 3. The molecule has 14 aromatic carbocycles. The van der Waals surface area contributed by atoms with E-state index in [4.69, 9.17) is 6.58 Å². The van der Waals surface area contributed by atoms with Crippen LogP contribution in [0.5, 0.6) is 0 Å². The predicted octanol–water partition coefficient (Wildman–Crippen LogP) is 24.4. The smallest absolute Gasteiger partial charge is 0.0540 e. The molecule has 0 bridgehead atoms. The van der Waals surface area contributed by atoms with Gasteiger partial charge in [-0.1, -0.05) is 239 Å². The van der Waals surface area contributed by atoms with Gasteiger partial charge in [0.05, 0.1) is 11.4 Å². The molecular weight excluding hydrogens is 1070 g/mol. The van der Waals surface area contributed by atoms with Gasteiger partial charge in [-0.2, -0.15) is 0 Å². The number of fused-ring (bicyclic) bond motifs is 12. The zero-order valence-corrected chi connectivity index (χ0v) is 49.6. The van der Waals surface area contributed by atoms with Gasteiger partial charge in [-0.3, -0.25) is 0 Å². The highest BCUT2D eigenvalue weighted by molar-refractivity contribution is 7.26. The fraction of sp³-hybridized carbons (Fsp3) is 0.0476. The molecule has 0 unspecified atom stereocenters. The van der Waals surface area contributed by atoms with E-state index in [2.05, 4.69) is 328 Å². The summed E-state index contributed by atoms with van der Waals surface area (Å²) < 4.78 is 2.63. The Morgan fingerprint density at radius 1 is 0.379 bits per heavy atom. The first-order chi connectivity index (χ1) is 42.8. The van der Waals surface area contributed by atoms with Crippen molar-refractivity contribution in [1.29, 1.82) is 0 Å². The van der Waals surface area contributed by atoms with E-state index in [1.54, 1.807) is 0 Å². The number of thiophene rings is 1. The lowest BCUT2D eigenvalue weighted by Crippen LogP contribution is -2.17. The Kier molecular flexibility index (Phi) is 12.5. The van der Waals surface area contributed by atoms with Gasteiger partial charge in [-0.05, 0) is 185 Å². The molecule has 0 spiro atoms. The van der Waals surface area contributed by atoms with E-state index in [1.807, 2.05) is 11.3 Å². The van der Waals surface area contributed by atoms with E-state index < -0.39 is 0 Å². The van der Waals surface area contributed by atoms with Crippen LogP contribution in [-0.4, -0.2) is 0 Å². The highest BCUT2D eigenvalue weighted by Crippen LogP contribution is 2.53. The van der Waals surface area contributed by atoms with E-state index in [0.29, 0.717) is 0 Å². The van der Waals surface area contributed by atoms with Crippen LogP contribution >= 0.6 is 11.3 Å². The summed E-state index contributed by atoms with van der Waals surface area (Å²) >= 11 is 1.88. The molecular formula is C84H60N2S. The van der Waals surface area contributed by atoms with Gasteiger partial charge in [0.15, 0.2) is 0 Å². The largest absolute Gasteiger partial charge is 0.310 e. The monoisotopic (exact) mass is 1130 g/mol. The second-order valence-corrected chi connectivity index (χ2v) is 24.6. The van der Waals surface area contributed by atoms with Crippen LogP contribution in [0.3, 0.4) is 0 Å². The molecule has 1 aliphatic rings. The van der Waals surface area contributed by atoms with Crippen molar-refractivity contribution >= 4 is 131 Å². The van der Waals surface area contributed by atoms with Crippen molar-refractivity contribution in [2.24, 2.45) is 0 Å². The van der Waals surface area contributed by atoms with Crippen molar-refractivity contribution < 1.29 is 0 Å². The molecule has 0 saturated carbocycles. The molecule has 0 saturated heterocycles. The fourth-order valence-corrected chi connectivity index (χ4v) is 15.3. The first kappa shape index (κ1) is 52.0. The lowest BCUT2D eigenvalue weighted by Gasteiger charge is -2.29. The maximum atomic E-state index is 4.86. The summed E-state index contributed by atoms with van der Waals surface area (Å²) in [7, 11) is 0. The van der Waals surface area contributed by atoms with Gasteiger partial charge < -0.3 is 9.80 Å². The van der Waals surface area contributed by atoms with E-state index in [9.17, 15) is 0 Å². The zero-order valence-electron chi connectivity index (χ0n) is 48.8. The molecule has 1 aliphatic carbocycles. The van der Waals surface area contributed by atoms with Gasteiger partial charge in [-0.25, -0.2) is 0 Å². The Balaban J connectivity index is 0.817. The number of rotatable bonds is 10. The van der Waals surface area contributed by atoms with Gasteiger partial charge >= 0.3 is 0 Å². The average Bonchev–Trinajstić information content (AvgIpc) is 1.99. The minimum absolute atomic E-state index is 0.354. The first-order valence-corrected chi connectivity index (χ1v) is 30.9. The number of hydrogen-bond donors (Lipinski definition) is 0.